The second kappa shape index (κ2) is 8.63. The maximum Gasteiger partial charge on any atom is 0.338 e. The third kappa shape index (κ3) is 4.91. The van der Waals surface area contributed by atoms with E-state index in [4.69, 9.17) is 4.74 Å². The highest BCUT2D eigenvalue weighted by atomic mass is 16.5. The van der Waals surface area contributed by atoms with Gasteiger partial charge in [0.25, 0.3) is 0 Å². The number of aryl methyl sites for hydroxylation is 1. The molecule has 0 aromatic heterocycles. The maximum absolute atomic E-state index is 12.0. The van der Waals surface area contributed by atoms with Crippen LogP contribution in [0.2, 0.25) is 0 Å². The van der Waals surface area contributed by atoms with E-state index in [9.17, 15) is 14.4 Å². The van der Waals surface area contributed by atoms with Crippen LogP contribution in [-0.2, 0) is 20.7 Å². The standard InChI is InChI=1S/C19H20N2O4/c1-3-13-7-5-6-8-16(13)21-18(23)17(22)20-15-11-9-14(10-12-15)19(24)25-4-2/h5-12H,3-4H2,1-2H3,(H,20,22)(H,21,23). The number of nitrogens with one attached hydrogen (secondary N) is 2. The van der Waals surface area contributed by atoms with Gasteiger partial charge in [0.05, 0.1) is 12.2 Å². The quantitative estimate of drug-likeness (QED) is 0.647. The molecule has 0 aliphatic rings. The Bertz CT molecular complexity index is 769. The van der Waals surface area contributed by atoms with Crippen LogP contribution in [0.25, 0.3) is 0 Å². The zero-order valence-electron chi connectivity index (χ0n) is 14.2. The van der Waals surface area contributed by atoms with Crippen molar-refractivity contribution in [2.75, 3.05) is 17.2 Å². The second-order valence-corrected chi connectivity index (χ2v) is 5.22. The molecule has 6 nitrogen and oxygen atoms in total. The molecule has 2 aromatic rings. The number of ether oxygens (including phenoxy) is 1. The van der Waals surface area contributed by atoms with E-state index in [0.717, 1.165) is 12.0 Å². The topological polar surface area (TPSA) is 84.5 Å². The van der Waals surface area contributed by atoms with Crippen molar-refractivity contribution in [3.63, 3.8) is 0 Å². The Kier molecular flexibility index (Phi) is 6.28. The maximum atomic E-state index is 12.0. The minimum Gasteiger partial charge on any atom is -0.462 e. The second-order valence-electron chi connectivity index (χ2n) is 5.22. The fourth-order valence-corrected chi connectivity index (χ4v) is 2.22. The Balaban J connectivity index is 1.99. The van der Waals surface area contributed by atoms with Gasteiger partial charge in [0.15, 0.2) is 0 Å². The highest BCUT2D eigenvalue weighted by molar-refractivity contribution is 6.43. The number of para-hydroxylation sites is 1. The van der Waals surface area contributed by atoms with Crippen molar-refractivity contribution >= 4 is 29.2 Å². The average Bonchev–Trinajstić information content (AvgIpc) is 2.63. The minimum atomic E-state index is -0.783. The molecule has 6 heteroatoms. The predicted octanol–water partition coefficient (Wildman–Crippen LogP) is 3.00. The number of carbonyl (C=O) groups is 3. The molecule has 130 valence electrons. The van der Waals surface area contributed by atoms with Gasteiger partial charge >= 0.3 is 17.8 Å². The third-order valence-electron chi connectivity index (χ3n) is 3.51. The van der Waals surface area contributed by atoms with Gasteiger partial charge in [-0.05, 0) is 49.2 Å². The summed E-state index contributed by atoms with van der Waals surface area (Å²) in [6.07, 6.45) is 0.743. The van der Waals surface area contributed by atoms with Crippen LogP contribution in [0.4, 0.5) is 11.4 Å². The summed E-state index contributed by atoms with van der Waals surface area (Å²) in [5.41, 5.74) is 2.35. The van der Waals surface area contributed by atoms with Crippen molar-refractivity contribution < 1.29 is 19.1 Å². The van der Waals surface area contributed by atoms with Gasteiger partial charge in [-0.3, -0.25) is 9.59 Å². The van der Waals surface area contributed by atoms with Crippen LogP contribution in [0.5, 0.6) is 0 Å². The fourth-order valence-electron chi connectivity index (χ4n) is 2.22. The Morgan fingerprint density at radius 2 is 1.52 bits per heavy atom. The third-order valence-corrected chi connectivity index (χ3v) is 3.51. The Hall–Kier alpha value is -3.15. The lowest BCUT2D eigenvalue weighted by Crippen LogP contribution is -2.29. The van der Waals surface area contributed by atoms with Crippen LogP contribution in [0.3, 0.4) is 0 Å². The summed E-state index contributed by atoms with van der Waals surface area (Å²) < 4.78 is 4.88. The molecule has 0 aliphatic carbocycles. The van der Waals surface area contributed by atoms with Gasteiger partial charge in [0, 0.05) is 11.4 Å². The Labute approximate surface area is 146 Å². The number of anilines is 2. The van der Waals surface area contributed by atoms with Crippen LogP contribution < -0.4 is 10.6 Å². The number of rotatable bonds is 5. The number of hydrogen-bond acceptors (Lipinski definition) is 4. The Morgan fingerprint density at radius 1 is 0.880 bits per heavy atom. The molecular weight excluding hydrogens is 320 g/mol. The first-order chi connectivity index (χ1) is 12.0. The highest BCUT2D eigenvalue weighted by Crippen LogP contribution is 2.16. The molecule has 0 aliphatic heterocycles. The number of benzene rings is 2. The molecule has 0 unspecified atom stereocenters. The van der Waals surface area contributed by atoms with Crippen molar-refractivity contribution in [2.24, 2.45) is 0 Å². The van der Waals surface area contributed by atoms with E-state index in [2.05, 4.69) is 10.6 Å². The van der Waals surface area contributed by atoms with Gasteiger partial charge in [0.1, 0.15) is 0 Å². The summed E-state index contributed by atoms with van der Waals surface area (Å²) in [6, 6.07) is 13.4. The van der Waals surface area contributed by atoms with E-state index in [1.54, 1.807) is 19.1 Å². The van der Waals surface area contributed by atoms with Crippen LogP contribution in [0.15, 0.2) is 48.5 Å². The summed E-state index contributed by atoms with van der Waals surface area (Å²) in [6.45, 7) is 3.98. The smallest absolute Gasteiger partial charge is 0.338 e. The molecule has 0 atom stereocenters. The lowest BCUT2D eigenvalue weighted by atomic mass is 10.1. The average molecular weight is 340 g/mol. The monoisotopic (exact) mass is 340 g/mol. The molecule has 2 amide bonds. The van der Waals surface area contributed by atoms with Crippen molar-refractivity contribution in [3.05, 3.63) is 59.7 Å². The van der Waals surface area contributed by atoms with E-state index in [-0.39, 0.29) is 6.61 Å². The van der Waals surface area contributed by atoms with Crippen LogP contribution in [0, 0.1) is 0 Å². The van der Waals surface area contributed by atoms with Gasteiger partial charge < -0.3 is 15.4 Å². The SMILES string of the molecule is CCOC(=O)c1ccc(NC(=O)C(=O)Nc2ccccc2CC)cc1. The summed E-state index contributed by atoms with van der Waals surface area (Å²) in [5, 5.41) is 5.10. The van der Waals surface area contributed by atoms with Crippen LogP contribution in [-0.4, -0.2) is 24.4 Å². The van der Waals surface area contributed by atoms with Gasteiger partial charge in [0.2, 0.25) is 0 Å². The van der Waals surface area contributed by atoms with E-state index >= 15 is 0 Å². The summed E-state index contributed by atoms with van der Waals surface area (Å²) in [4.78, 5) is 35.6. The van der Waals surface area contributed by atoms with Gasteiger partial charge in [-0.1, -0.05) is 25.1 Å². The fraction of sp³-hybridized carbons (Fsp3) is 0.211. The number of esters is 1. The number of amides is 2. The van der Waals surface area contributed by atoms with Crippen LogP contribution >= 0.6 is 0 Å². The lowest BCUT2D eigenvalue weighted by molar-refractivity contribution is -0.133. The molecule has 0 saturated heterocycles. The molecular formula is C19H20N2O4. The highest BCUT2D eigenvalue weighted by Gasteiger charge is 2.15. The minimum absolute atomic E-state index is 0.288. The molecule has 2 rings (SSSR count). The molecule has 0 saturated carbocycles. The molecule has 0 radical (unpaired) electrons. The molecule has 25 heavy (non-hydrogen) atoms. The van der Waals surface area contributed by atoms with E-state index in [1.807, 2.05) is 19.1 Å². The van der Waals surface area contributed by atoms with E-state index in [1.165, 1.54) is 24.3 Å². The summed E-state index contributed by atoms with van der Waals surface area (Å²) >= 11 is 0. The van der Waals surface area contributed by atoms with Gasteiger partial charge in [-0.15, -0.1) is 0 Å². The van der Waals surface area contributed by atoms with E-state index in [0.29, 0.717) is 16.9 Å². The first kappa shape index (κ1) is 18.2. The first-order valence-electron chi connectivity index (χ1n) is 8.02. The summed E-state index contributed by atoms with van der Waals surface area (Å²) in [5.74, 6) is -1.97. The van der Waals surface area contributed by atoms with Crippen LogP contribution in [0.1, 0.15) is 29.8 Å². The van der Waals surface area contributed by atoms with Crippen molar-refractivity contribution in [1.82, 2.24) is 0 Å². The molecule has 0 heterocycles. The molecule has 2 N–H and O–H groups in total. The first-order valence-corrected chi connectivity index (χ1v) is 8.02. The lowest BCUT2D eigenvalue weighted by Gasteiger charge is -2.10. The zero-order chi connectivity index (χ0) is 18.2. The molecule has 0 bridgehead atoms. The molecule has 2 aromatic carbocycles. The number of hydrogen-bond donors (Lipinski definition) is 2. The molecule has 0 spiro atoms. The predicted molar refractivity (Wildman–Crippen MR) is 95.5 cm³/mol. The Morgan fingerprint density at radius 3 is 2.16 bits per heavy atom. The normalized spacial score (nSPS) is 10.0. The number of carbonyl (C=O) groups excluding carboxylic acids is 3. The van der Waals surface area contributed by atoms with Gasteiger partial charge in [-0.2, -0.15) is 0 Å². The summed E-state index contributed by atoms with van der Waals surface area (Å²) in [7, 11) is 0. The van der Waals surface area contributed by atoms with E-state index < -0.39 is 17.8 Å². The van der Waals surface area contributed by atoms with Crippen molar-refractivity contribution in [1.29, 1.82) is 0 Å². The molecule has 0 fully saturated rings. The largest absolute Gasteiger partial charge is 0.462 e. The zero-order valence-corrected chi connectivity index (χ0v) is 14.2. The van der Waals surface area contributed by atoms with Crippen molar-refractivity contribution in [3.8, 4) is 0 Å². The van der Waals surface area contributed by atoms with Crippen molar-refractivity contribution in [2.45, 2.75) is 20.3 Å². The van der Waals surface area contributed by atoms with Gasteiger partial charge in [-0.25, -0.2) is 4.79 Å².